The number of rotatable bonds is 34. The molecule has 0 saturated heterocycles. The fraction of sp³-hybridized carbons (Fsp3) is 0.750. The fourth-order valence-corrected chi connectivity index (χ4v) is 5.33. The first-order chi connectivity index (χ1) is 22.2. The lowest BCUT2D eigenvalue weighted by atomic mass is 10.0. The van der Waals surface area contributed by atoms with Crippen molar-refractivity contribution in [3.63, 3.8) is 0 Å². The molecule has 45 heavy (non-hydrogen) atoms. The number of carbonyl (C=O) groups excluding carboxylic acids is 1. The van der Waals surface area contributed by atoms with Crippen molar-refractivity contribution in [2.75, 3.05) is 6.54 Å². The number of nitrogens with one attached hydrogen (secondary N) is 2. The summed E-state index contributed by atoms with van der Waals surface area (Å²) < 4.78 is 5.90. The summed E-state index contributed by atoms with van der Waals surface area (Å²) in [5.41, 5.74) is 6.07. The lowest BCUT2D eigenvalue weighted by Crippen LogP contribution is -2.37. The van der Waals surface area contributed by atoms with Crippen molar-refractivity contribution in [3.05, 3.63) is 48.6 Å². The van der Waals surface area contributed by atoms with E-state index >= 15 is 0 Å². The Morgan fingerprint density at radius 3 is 1.56 bits per heavy atom. The quantitative estimate of drug-likeness (QED) is 0.0165. The third-order valence-corrected chi connectivity index (χ3v) is 8.27. The molecular formula is C40H73N3O2. The van der Waals surface area contributed by atoms with Crippen molar-refractivity contribution in [3.8, 4) is 0 Å². The largest absolute Gasteiger partial charge is 0.461 e. The first kappa shape index (κ1) is 42.9. The Kier molecular flexibility index (Phi) is 34.6. The highest BCUT2D eigenvalue weighted by atomic mass is 16.5. The summed E-state index contributed by atoms with van der Waals surface area (Å²) in [7, 11) is 0. The van der Waals surface area contributed by atoms with Crippen LogP contribution < -0.4 is 11.1 Å². The second-order valence-electron chi connectivity index (χ2n) is 12.6. The second-order valence-corrected chi connectivity index (χ2v) is 12.6. The average molecular weight is 628 g/mol. The molecule has 0 rings (SSSR count). The number of nitrogens with two attached hydrogens (primary N) is 1. The number of carbonyl (C=O) groups is 1. The molecule has 0 bridgehead atoms. The van der Waals surface area contributed by atoms with Crippen LogP contribution in [0.15, 0.2) is 48.6 Å². The van der Waals surface area contributed by atoms with Crippen molar-refractivity contribution in [1.29, 1.82) is 5.41 Å². The van der Waals surface area contributed by atoms with Crippen LogP contribution in [0.2, 0.25) is 0 Å². The molecule has 0 saturated carbocycles. The van der Waals surface area contributed by atoms with Crippen LogP contribution in [0.25, 0.3) is 0 Å². The van der Waals surface area contributed by atoms with Crippen molar-refractivity contribution in [2.45, 2.75) is 187 Å². The fourth-order valence-electron chi connectivity index (χ4n) is 5.33. The van der Waals surface area contributed by atoms with Gasteiger partial charge in [0.25, 0.3) is 0 Å². The zero-order valence-electron chi connectivity index (χ0n) is 29.6. The van der Waals surface area contributed by atoms with Crippen LogP contribution in [0.3, 0.4) is 0 Å². The smallest absolute Gasteiger partial charge is 0.323 e. The molecule has 0 aliphatic heterocycles. The van der Waals surface area contributed by atoms with E-state index in [2.05, 4.69) is 67.8 Å². The number of allylic oxidation sites excluding steroid dienone is 8. The molecule has 0 aromatic rings. The van der Waals surface area contributed by atoms with E-state index < -0.39 is 6.04 Å². The van der Waals surface area contributed by atoms with Gasteiger partial charge < -0.3 is 15.8 Å². The Labute approximate surface area is 279 Å². The molecule has 5 heteroatoms. The number of ether oxygens (including phenoxy) is 1. The topological polar surface area (TPSA) is 88.2 Å². The summed E-state index contributed by atoms with van der Waals surface area (Å²) in [4.78, 5) is 12.6. The lowest BCUT2D eigenvalue weighted by molar-refractivity contribution is -0.151. The molecule has 5 nitrogen and oxygen atoms in total. The molecule has 0 aromatic carbocycles. The number of hydrogen-bond donors (Lipinski definition) is 3. The third kappa shape index (κ3) is 33.0. The van der Waals surface area contributed by atoms with E-state index in [1.807, 2.05) is 0 Å². The van der Waals surface area contributed by atoms with Gasteiger partial charge in [0, 0.05) is 6.54 Å². The molecule has 260 valence electrons. The molecule has 2 atom stereocenters. The number of hydrogen-bond acceptors (Lipinski definition) is 4. The summed E-state index contributed by atoms with van der Waals surface area (Å²) in [6.07, 6.45) is 48.8. The van der Waals surface area contributed by atoms with E-state index in [4.69, 9.17) is 15.9 Å². The SMILES string of the molecule is CCCCC/C=C\C/C=C\CCCCCCCCC(CCCCCCC/C=C/C=C/CCCCC)OC(=O)C(N)CCNC=N. The molecular weight excluding hydrogens is 554 g/mol. The van der Waals surface area contributed by atoms with Gasteiger partial charge in [-0.3, -0.25) is 10.2 Å². The highest BCUT2D eigenvalue weighted by Gasteiger charge is 2.20. The van der Waals surface area contributed by atoms with Crippen molar-refractivity contribution in [1.82, 2.24) is 5.32 Å². The van der Waals surface area contributed by atoms with Crippen LogP contribution in [0.5, 0.6) is 0 Å². The molecule has 0 radical (unpaired) electrons. The Hall–Kier alpha value is -2.14. The van der Waals surface area contributed by atoms with Gasteiger partial charge in [0.2, 0.25) is 0 Å². The molecule has 0 amide bonds. The van der Waals surface area contributed by atoms with Crippen LogP contribution in [-0.4, -0.2) is 31.0 Å². The molecule has 0 heterocycles. The van der Waals surface area contributed by atoms with Crippen LogP contribution in [0.1, 0.15) is 174 Å². The minimum Gasteiger partial charge on any atom is -0.461 e. The van der Waals surface area contributed by atoms with Gasteiger partial charge in [-0.25, -0.2) is 0 Å². The van der Waals surface area contributed by atoms with E-state index in [0.717, 1.165) is 44.9 Å². The van der Waals surface area contributed by atoms with Crippen molar-refractivity contribution < 1.29 is 9.53 Å². The predicted molar refractivity (Wildman–Crippen MR) is 198 cm³/mol. The molecule has 0 aliphatic carbocycles. The second kappa shape index (κ2) is 36.3. The first-order valence-corrected chi connectivity index (χ1v) is 19.0. The molecule has 4 N–H and O–H groups in total. The van der Waals surface area contributed by atoms with Gasteiger partial charge in [0.15, 0.2) is 0 Å². The van der Waals surface area contributed by atoms with Gasteiger partial charge in [-0.15, -0.1) is 0 Å². The molecule has 2 unspecified atom stereocenters. The van der Waals surface area contributed by atoms with E-state index in [0.29, 0.717) is 13.0 Å². The summed E-state index contributed by atoms with van der Waals surface area (Å²) in [5.74, 6) is -0.294. The van der Waals surface area contributed by atoms with Gasteiger partial charge in [0.05, 0.1) is 6.34 Å². The van der Waals surface area contributed by atoms with Gasteiger partial charge in [-0.1, -0.05) is 133 Å². The maximum absolute atomic E-state index is 12.6. The average Bonchev–Trinajstić information content (AvgIpc) is 3.04. The Morgan fingerprint density at radius 2 is 1.07 bits per heavy atom. The maximum atomic E-state index is 12.6. The summed E-state index contributed by atoms with van der Waals surface area (Å²) in [5, 5.41) is 9.87. The first-order valence-electron chi connectivity index (χ1n) is 19.0. The van der Waals surface area contributed by atoms with E-state index in [-0.39, 0.29) is 12.1 Å². The molecule has 0 spiro atoms. The summed E-state index contributed by atoms with van der Waals surface area (Å²) in [6.45, 7) is 5.01. The molecule has 0 aliphatic rings. The van der Waals surface area contributed by atoms with Crippen LogP contribution >= 0.6 is 0 Å². The van der Waals surface area contributed by atoms with E-state index in [1.165, 1.54) is 116 Å². The maximum Gasteiger partial charge on any atom is 0.323 e. The van der Waals surface area contributed by atoms with E-state index in [1.54, 1.807) is 0 Å². The van der Waals surface area contributed by atoms with Gasteiger partial charge >= 0.3 is 5.97 Å². The highest BCUT2D eigenvalue weighted by Crippen LogP contribution is 2.18. The Morgan fingerprint density at radius 1 is 0.622 bits per heavy atom. The minimum absolute atomic E-state index is 0.0304. The zero-order chi connectivity index (χ0) is 32.9. The molecule has 0 fully saturated rings. The standard InChI is InChI=1S/C40H73N3O2/c1-3-5-7-9-11-13-15-17-19-20-22-24-26-28-30-32-34-38(45-40(44)39(42)35-36-43-37-41)33-31-29-27-25-23-21-18-16-14-12-10-8-6-4-2/h11-14,16-19,37-39H,3-10,15,20-36,42H2,1-2H3,(H2,41,43)/b13-11-,14-12+,18-16+,19-17-. The Balaban J connectivity index is 4.15. The normalized spacial score (nSPS) is 13.4. The number of esters is 1. The monoisotopic (exact) mass is 628 g/mol. The minimum atomic E-state index is -0.630. The third-order valence-electron chi connectivity index (χ3n) is 8.27. The van der Waals surface area contributed by atoms with E-state index in [9.17, 15) is 4.79 Å². The molecule has 0 aromatic heterocycles. The van der Waals surface area contributed by atoms with Crippen LogP contribution in [0.4, 0.5) is 0 Å². The zero-order valence-corrected chi connectivity index (χ0v) is 29.6. The highest BCUT2D eigenvalue weighted by molar-refractivity contribution is 5.75. The summed E-state index contributed by atoms with van der Waals surface area (Å²) >= 11 is 0. The van der Waals surface area contributed by atoms with Gasteiger partial charge in [-0.05, 0) is 89.9 Å². The lowest BCUT2D eigenvalue weighted by Gasteiger charge is -2.20. The van der Waals surface area contributed by atoms with Crippen molar-refractivity contribution >= 4 is 12.3 Å². The predicted octanol–water partition coefficient (Wildman–Crippen LogP) is 11.4. The van der Waals surface area contributed by atoms with Crippen LogP contribution in [0, 0.1) is 5.41 Å². The van der Waals surface area contributed by atoms with Crippen molar-refractivity contribution in [2.24, 2.45) is 5.73 Å². The number of unbranched alkanes of at least 4 members (excludes halogenated alkanes) is 17. The van der Waals surface area contributed by atoms with Gasteiger partial charge in [0.1, 0.15) is 12.1 Å². The van der Waals surface area contributed by atoms with Crippen LogP contribution in [-0.2, 0) is 9.53 Å². The summed E-state index contributed by atoms with van der Waals surface area (Å²) in [6, 6.07) is -0.630. The Bertz CT molecular complexity index is 759. The van der Waals surface area contributed by atoms with Gasteiger partial charge in [-0.2, -0.15) is 0 Å².